The first-order valence-electron chi connectivity index (χ1n) is 3.46. The Morgan fingerprint density at radius 3 is 2.11 bits per heavy atom. The van der Waals surface area contributed by atoms with Gasteiger partial charge < -0.3 is 5.32 Å². The molecule has 0 amide bonds. The quantitative estimate of drug-likeness (QED) is 0.556. The third-order valence-electron chi connectivity index (χ3n) is 1.83. The summed E-state index contributed by atoms with van der Waals surface area (Å²) in [6.45, 7) is 5.76. The molecular formula is C7H16ClN. The molecule has 0 aromatic rings. The maximum absolute atomic E-state index is 3.46. The third kappa shape index (κ3) is 3.07. The average Bonchev–Trinajstić information content (AvgIpc) is 1.65. The summed E-state index contributed by atoms with van der Waals surface area (Å²) < 4.78 is 0. The second kappa shape index (κ2) is 3.43. The van der Waals surface area contributed by atoms with Gasteiger partial charge in [-0.3, -0.25) is 0 Å². The van der Waals surface area contributed by atoms with E-state index in [4.69, 9.17) is 0 Å². The van der Waals surface area contributed by atoms with Gasteiger partial charge in [-0.05, 0) is 33.2 Å². The second-order valence-electron chi connectivity index (χ2n) is 3.27. The third-order valence-corrected chi connectivity index (χ3v) is 1.83. The van der Waals surface area contributed by atoms with E-state index >= 15 is 0 Å². The molecule has 1 saturated heterocycles. The van der Waals surface area contributed by atoms with Crippen molar-refractivity contribution >= 4 is 12.4 Å². The SMILES string of the molecule is CC1(C)CCCCN1.Cl. The van der Waals surface area contributed by atoms with Crippen molar-refractivity contribution < 1.29 is 0 Å². The maximum Gasteiger partial charge on any atom is 0.0125 e. The highest BCUT2D eigenvalue weighted by molar-refractivity contribution is 5.85. The molecule has 1 fully saturated rings. The summed E-state index contributed by atoms with van der Waals surface area (Å²) in [4.78, 5) is 0. The Morgan fingerprint density at radius 2 is 1.89 bits per heavy atom. The Morgan fingerprint density at radius 1 is 1.22 bits per heavy atom. The standard InChI is InChI=1S/C7H15N.ClH/c1-7(2)5-3-4-6-8-7;/h8H,3-6H2,1-2H3;1H. The van der Waals surface area contributed by atoms with Crippen molar-refractivity contribution in [3.8, 4) is 0 Å². The first kappa shape index (κ1) is 9.25. The van der Waals surface area contributed by atoms with Crippen LogP contribution in [-0.2, 0) is 0 Å². The molecule has 0 aromatic heterocycles. The van der Waals surface area contributed by atoms with Gasteiger partial charge in [-0.1, -0.05) is 6.42 Å². The van der Waals surface area contributed by atoms with E-state index in [-0.39, 0.29) is 12.4 Å². The van der Waals surface area contributed by atoms with Gasteiger partial charge in [0.1, 0.15) is 0 Å². The fraction of sp³-hybridized carbons (Fsp3) is 1.00. The number of piperidine rings is 1. The minimum Gasteiger partial charge on any atom is -0.312 e. The molecule has 0 bridgehead atoms. The maximum atomic E-state index is 3.46. The molecule has 1 N–H and O–H groups in total. The lowest BCUT2D eigenvalue weighted by Gasteiger charge is -2.30. The van der Waals surface area contributed by atoms with E-state index in [0.717, 1.165) is 0 Å². The van der Waals surface area contributed by atoms with Crippen molar-refractivity contribution in [1.29, 1.82) is 0 Å². The lowest BCUT2D eigenvalue weighted by molar-refractivity contribution is 0.304. The van der Waals surface area contributed by atoms with Crippen molar-refractivity contribution in [2.75, 3.05) is 6.54 Å². The Balaban J connectivity index is 0.000000640. The largest absolute Gasteiger partial charge is 0.312 e. The van der Waals surface area contributed by atoms with Gasteiger partial charge in [-0.15, -0.1) is 12.4 Å². The number of hydrogen-bond donors (Lipinski definition) is 1. The summed E-state index contributed by atoms with van der Waals surface area (Å²) in [5, 5.41) is 3.46. The summed E-state index contributed by atoms with van der Waals surface area (Å²) in [5.74, 6) is 0. The van der Waals surface area contributed by atoms with Crippen LogP contribution in [0.1, 0.15) is 33.1 Å². The van der Waals surface area contributed by atoms with Gasteiger partial charge in [-0.25, -0.2) is 0 Å². The Kier molecular flexibility index (Phi) is 3.52. The van der Waals surface area contributed by atoms with Crippen LogP contribution in [0.4, 0.5) is 0 Å². The van der Waals surface area contributed by atoms with Crippen LogP contribution in [0.5, 0.6) is 0 Å². The molecule has 0 spiro atoms. The first-order valence-corrected chi connectivity index (χ1v) is 3.46. The smallest absolute Gasteiger partial charge is 0.0125 e. The molecule has 1 aliphatic rings. The van der Waals surface area contributed by atoms with E-state index in [1.54, 1.807) is 0 Å². The molecule has 0 saturated carbocycles. The lowest BCUT2D eigenvalue weighted by atomic mass is 9.93. The van der Waals surface area contributed by atoms with Gasteiger partial charge in [0, 0.05) is 5.54 Å². The van der Waals surface area contributed by atoms with Gasteiger partial charge in [0.05, 0.1) is 0 Å². The summed E-state index contributed by atoms with van der Waals surface area (Å²) in [6, 6.07) is 0. The molecule has 0 unspecified atom stereocenters. The van der Waals surface area contributed by atoms with Crippen molar-refractivity contribution in [2.45, 2.75) is 38.6 Å². The molecule has 1 heterocycles. The Bertz CT molecular complexity index is 73.0. The zero-order chi connectivity index (χ0) is 6.04. The molecule has 0 aliphatic carbocycles. The number of nitrogens with one attached hydrogen (secondary N) is 1. The van der Waals surface area contributed by atoms with Crippen molar-refractivity contribution in [1.82, 2.24) is 5.32 Å². The van der Waals surface area contributed by atoms with Gasteiger partial charge >= 0.3 is 0 Å². The lowest BCUT2D eigenvalue weighted by Crippen LogP contribution is -2.42. The van der Waals surface area contributed by atoms with Crippen molar-refractivity contribution in [3.63, 3.8) is 0 Å². The predicted molar refractivity (Wildman–Crippen MR) is 43.2 cm³/mol. The highest BCUT2D eigenvalue weighted by Gasteiger charge is 2.18. The van der Waals surface area contributed by atoms with E-state index < -0.39 is 0 Å². The predicted octanol–water partition coefficient (Wildman–Crippen LogP) is 1.96. The van der Waals surface area contributed by atoms with Crippen LogP contribution in [0.15, 0.2) is 0 Å². The Hall–Kier alpha value is 0.250. The van der Waals surface area contributed by atoms with Crippen LogP contribution in [0.3, 0.4) is 0 Å². The van der Waals surface area contributed by atoms with E-state index in [1.807, 2.05) is 0 Å². The summed E-state index contributed by atoms with van der Waals surface area (Å²) >= 11 is 0. The Labute approximate surface area is 63.6 Å². The van der Waals surface area contributed by atoms with Crippen LogP contribution in [0.2, 0.25) is 0 Å². The molecule has 1 nitrogen and oxygen atoms in total. The molecule has 1 rings (SSSR count). The average molecular weight is 150 g/mol. The molecule has 9 heavy (non-hydrogen) atoms. The fourth-order valence-electron chi connectivity index (χ4n) is 1.21. The van der Waals surface area contributed by atoms with Crippen LogP contribution in [-0.4, -0.2) is 12.1 Å². The van der Waals surface area contributed by atoms with E-state index in [0.29, 0.717) is 5.54 Å². The molecule has 0 atom stereocenters. The molecule has 1 aliphatic heterocycles. The summed E-state index contributed by atoms with van der Waals surface area (Å²) in [7, 11) is 0. The van der Waals surface area contributed by atoms with Crippen LogP contribution < -0.4 is 5.32 Å². The van der Waals surface area contributed by atoms with E-state index in [2.05, 4.69) is 19.2 Å². The normalized spacial score (nSPS) is 24.7. The van der Waals surface area contributed by atoms with Gasteiger partial charge in [0.15, 0.2) is 0 Å². The van der Waals surface area contributed by atoms with E-state index in [1.165, 1.54) is 25.8 Å². The first-order chi connectivity index (χ1) is 3.71. The zero-order valence-electron chi connectivity index (χ0n) is 6.24. The molecular weight excluding hydrogens is 134 g/mol. The highest BCUT2D eigenvalue weighted by atomic mass is 35.5. The monoisotopic (exact) mass is 149 g/mol. The topological polar surface area (TPSA) is 12.0 Å². The molecule has 56 valence electrons. The number of rotatable bonds is 0. The second-order valence-corrected chi connectivity index (χ2v) is 3.27. The summed E-state index contributed by atoms with van der Waals surface area (Å²) in [6.07, 6.45) is 4.11. The van der Waals surface area contributed by atoms with Gasteiger partial charge in [-0.2, -0.15) is 0 Å². The fourth-order valence-corrected chi connectivity index (χ4v) is 1.21. The van der Waals surface area contributed by atoms with Gasteiger partial charge in [0.25, 0.3) is 0 Å². The van der Waals surface area contributed by atoms with Crippen LogP contribution in [0.25, 0.3) is 0 Å². The number of halogens is 1. The molecule has 0 radical (unpaired) electrons. The minimum atomic E-state index is 0. The van der Waals surface area contributed by atoms with Crippen molar-refractivity contribution in [2.24, 2.45) is 0 Å². The van der Waals surface area contributed by atoms with E-state index in [9.17, 15) is 0 Å². The van der Waals surface area contributed by atoms with Crippen LogP contribution in [0, 0.1) is 0 Å². The van der Waals surface area contributed by atoms with Gasteiger partial charge in [0.2, 0.25) is 0 Å². The minimum absolute atomic E-state index is 0. The zero-order valence-corrected chi connectivity index (χ0v) is 7.05. The summed E-state index contributed by atoms with van der Waals surface area (Å²) in [5.41, 5.74) is 0.429. The van der Waals surface area contributed by atoms with Crippen LogP contribution >= 0.6 is 12.4 Å². The number of hydrogen-bond acceptors (Lipinski definition) is 1. The van der Waals surface area contributed by atoms with Crippen molar-refractivity contribution in [3.05, 3.63) is 0 Å². The molecule has 2 heteroatoms. The highest BCUT2D eigenvalue weighted by Crippen LogP contribution is 2.16. The molecule has 0 aromatic carbocycles.